The molecule has 0 unspecified atom stereocenters. The van der Waals surface area contributed by atoms with Gasteiger partial charge >= 0.3 is 8.80 Å². The summed E-state index contributed by atoms with van der Waals surface area (Å²) < 4.78 is 16.1. The van der Waals surface area contributed by atoms with Gasteiger partial charge < -0.3 is 13.3 Å². The molecule has 0 aromatic carbocycles. The minimum atomic E-state index is -2.34. The van der Waals surface area contributed by atoms with Crippen LogP contribution in [0.1, 0.15) is 6.92 Å². The van der Waals surface area contributed by atoms with E-state index in [1.807, 2.05) is 11.8 Å². The van der Waals surface area contributed by atoms with Gasteiger partial charge in [-0.2, -0.15) is 11.8 Å². The molecule has 0 N–H and O–H groups in total. The first-order valence-electron chi connectivity index (χ1n) is 5.18. The van der Waals surface area contributed by atoms with Gasteiger partial charge in [-0.1, -0.05) is 26.1 Å². The molecule has 0 aromatic heterocycles. The Kier molecular flexibility index (Phi) is 7.39. The van der Waals surface area contributed by atoms with Crippen molar-refractivity contribution in [2.24, 2.45) is 0 Å². The Morgan fingerprint density at radius 2 is 1.40 bits per heavy atom. The first kappa shape index (κ1) is 15.7. The molecule has 0 aliphatic rings. The van der Waals surface area contributed by atoms with Crippen molar-refractivity contribution in [2.45, 2.75) is 26.1 Å². The summed E-state index contributed by atoms with van der Waals surface area (Å²) in [6.07, 6.45) is 0. The zero-order valence-electron chi connectivity index (χ0n) is 10.8. The molecule has 3 nitrogen and oxygen atoms in total. The molecule has 0 spiro atoms. The minimum absolute atomic E-state index is 0.854. The number of hydrogen-bond acceptors (Lipinski definition) is 4. The minimum Gasteiger partial charge on any atom is -0.376 e. The summed E-state index contributed by atoms with van der Waals surface area (Å²) in [6, 6.07) is 1.32. The van der Waals surface area contributed by atoms with Crippen LogP contribution in [0.4, 0.5) is 0 Å². The first-order valence-corrected chi connectivity index (χ1v) is 11.7. The summed E-state index contributed by atoms with van der Waals surface area (Å²) in [6.45, 7) is 7.10. The maximum absolute atomic E-state index is 5.37. The second-order valence-corrected chi connectivity index (χ2v) is 14.6. The molecular formula is C9H24O3SSi2. The van der Waals surface area contributed by atoms with Crippen LogP contribution in [0.5, 0.6) is 0 Å². The van der Waals surface area contributed by atoms with Crippen LogP contribution in [0.2, 0.25) is 19.1 Å². The van der Waals surface area contributed by atoms with Crippen LogP contribution in [-0.4, -0.2) is 49.0 Å². The zero-order valence-corrected chi connectivity index (χ0v) is 13.6. The SMILES string of the molecule is CC[Si](C)(C)CSC[Si](OC)(OC)OC. The molecule has 0 rings (SSSR count). The summed E-state index contributed by atoms with van der Waals surface area (Å²) in [5.74, 6) is 0. The summed E-state index contributed by atoms with van der Waals surface area (Å²) >= 11 is 1.91. The Morgan fingerprint density at radius 3 is 1.73 bits per heavy atom. The molecule has 0 aliphatic carbocycles. The lowest BCUT2D eigenvalue weighted by Crippen LogP contribution is -2.46. The maximum atomic E-state index is 5.37. The van der Waals surface area contributed by atoms with Gasteiger partial charge in [-0.25, -0.2) is 0 Å². The highest BCUT2D eigenvalue weighted by Gasteiger charge is 2.38. The van der Waals surface area contributed by atoms with Crippen molar-refractivity contribution < 1.29 is 13.3 Å². The number of rotatable bonds is 8. The van der Waals surface area contributed by atoms with Crippen LogP contribution in [0.3, 0.4) is 0 Å². The molecule has 0 aliphatic heterocycles. The standard InChI is InChI=1S/C9H24O3SSi2/c1-7-14(5,6)8-13-9-15(10-2,11-3)12-4/h7-9H2,1-6H3. The predicted molar refractivity (Wildman–Crippen MR) is 72.1 cm³/mol. The lowest BCUT2D eigenvalue weighted by Gasteiger charge is -2.26. The van der Waals surface area contributed by atoms with E-state index in [1.165, 1.54) is 11.4 Å². The second-order valence-electron chi connectivity index (χ2n) is 4.31. The summed E-state index contributed by atoms with van der Waals surface area (Å²) in [4.78, 5) is 0. The van der Waals surface area contributed by atoms with Crippen LogP contribution in [0, 0.1) is 0 Å². The molecule has 0 aromatic rings. The second kappa shape index (κ2) is 7.08. The Morgan fingerprint density at radius 1 is 0.933 bits per heavy atom. The molecule has 0 saturated heterocycles. The van der Waals surface area contributed by atoms with Gasteiger partial charge in [0.1, 0.15) is 0 Å². The molecule has 15 heavy (non-hydrogen) atoms. The van der Waals surface area contributed by atoms with Gasteiger partial charge in [-0.05, 0) is 5.38 Å². The quantitative estimate of drug-likeness (QED) is 0.632. The fraction of sp³-hybridized carbons (Fsp3) is 1.00. The topological polar surface area (TPSA) is 27.7 Å². The zero-order chi connectivity index (χ0) is 11.9. The van der Waals surface area contributed by atoms with Crippen LogP contribution in [0.25, 0.3) is 0 Å². The summed E-state index contributed by atoms with van der Waals surface area (Å²) in [5, 5.41) is 2.10. The molecule has 0 radical (unpaired) electrons. The lowest BCUT2D eigenvalue weighted by molar-refractivity contribution is 0.130. The molecule has 92 valence electrons. The monoisotopic (exact) mass is 268 g/mol. The van der Waals surface area contributed by atoms with Crippen LogP contribution in [0.15, 0.2) is 0 Å². The smallest absolute Gasteiger partial charge is 0.376 e. The van der Waals surface area contributed by atoms with Crippen molar-refractivity contribution >= 4 is 28.6 Å². The molecular weight excluding hydrogens is 244 g/mol. The van der Waals surface area contributed by atoms with Crippen molar-refractivity contribution in [1.82, 2.24) is 0 Å². The Hall–Kier alpha value is 0.664. The van der Waals surface area contributed by atoms with Crippen molar-refractivity contribution in [1.29, 1.82) is 0 Å². The van der Waals surface area contributed by atoms with E-state index in [2.05, 4.69) is 20.0 Å². The van der Waals surface area contributed by atoms with Crippen molar-refractivity contribution in [3.05, 3.63) is 0 Å². The third kappa shape index (κ3) is 5.51. The highest BCUT2D eigenvalue weighted by molar-refractivity contribution is 8.02. The number of thioether (sulfide) groups is 1. The van der Waals surface area contributed by atoms with Crippen molar-refractivity contribution in [3.8, 4) is 0 Å². The van der Waals surface area contributed by atoms with Gasteiger partial charge in [0.25, 0.3) is 0 Å². The van der Waals surface area contributed by atoms with Crippen LogP contribution >= 0.6 is 11.8 Å². The van der Waals surface area contributed by atoms with Gasteiger partial charge in [0.05, 0.1) is 13.5 Å². The van der Waals surface area contributed by atoms with E-state index < -0.39 is 16.9 Å². The van der Waals surface area contributed by atoms with Gasteiger partial charge in [0.2, 0.25) is 0 Å². The van der Waals surface area contributed by atoms with Gasteiger partial charge in [-0.15, -0.1) is 0 Å². The van der Waals surface area contributed by atoms with Gasteiger partial charge in [0.15, 0.2) is 0 Å². The first-order chi connectivity index (χ1) is 6.95. The molecule has 0 amide bonds. The average Bonchev–Trinajstić information content (AvgIpc) is 2.25. The van der Waals surface area contributed by atoms with E-state index in [1.54, 1.807) is 21.3 Å². The van der Waals surface area contributed by atoms with Gasteiger partial charge in [0, 0.05) is 21.3 Å². The van der Waals surface area contributed by atoms with E-state index in [0.29, 0.717) is 0 Å². The van der Waals surface area contributed by atoms with Crippen LogP contribution < -0.4 is 0 Å². The van der Waals surface area contributed by atoms with E-state index in [4.69, 9.17) is 13.3 Å². The molecule has 0 atom stereocenters. The third-order valence-electron chi connectivity index (χ3n) is 2.66. The molecule has 6 heteroatoms. The maximum Gasteiger partial charge on any atom is 0.510 e. The Bertz CT molecular complexity index is 166. The summed E-state index contributed by atoms with van der Waals surface area (Å²) in [7, 11) is 1.66. The Labute approximate surface area is 100 Å². The van der Waals surface area contributed by atoms with E-state index in [0.717, 1.165) is 5.38 Å². The molecule has 0 saturated carbocycles. The summed E-state index contributed by atoms with van der Waals surface area (Å²) in [5.41, 5.74) is 0. The van der Waals surface area contributed by atoms with Crippen molar-refractivity contribution in [3.63, 3.8) is 0 Å². The van der Waals surface area contributed by atoms with E-state index >= 15 is 0 Å². The highest BCUT2D eigenvalue weighted by atomic mass is 32.2. The van der Waals surface area contributed by atoms with Gasteiger partial charge in [-0.3, -0.25) is 0 Å². The lowest BCUT2D eigenvalue weighted by atomic mass is 11.0. The fourth-order valence-corrected chi connectivity index (χ4v) is 8.25. The normalized spacial score (nSPS) is 13.2. The van der Waals surface area contributed by atoms with E-state index in [-0.39, 0.29) is 0 Å². The Balaban J connectivity index is 4.02. The van der Waals surface area contributed by atoms with Crippen LogP contribution in [-0.2, 0) is 13.3 Å². The van der Waals surface area contributed by atoms with Crippen molar-refractivity contribution in [2.75, 3.05) is 32.1 Å². The van der Waals surface area contributed by atoms with E-state index in [9.17, 15) is 0 Å². The highest BCUT2D eigenvalue weighted by Crippen LogP contribution is 2.20. The predicted octanol–water partition coefficient (Wildman–Crippen LogP) is 2.40. The fourth-order valence-electron chi connectivity index (χ4n) is 0.981. The average molecular weight is 269 g/mol. The molecule has 0 fully saturated rings. The third-order valence-corrected chi connectivity index (χ3v) is 12.6. The molecule has 0 heterocycles. The molecule has 0 bridgehead atoms. The largest absolute Gasteiger partial charge is 0.510 e. The number of hydrogen-bond donors (Lipinski definition) is 0.